The van der Waals surface area contributed by atoms with Gasteiger partial charge in [-0.1, -0.05) is 13.3 Å². The van der Waals surface area contributed by atoms with Crippen molar-refractivity contribution in [2.24, 2.45) is 11.3 Å². The van der Waals surface area contributed by atoms with Crippen molar-refractivity contribution in [3.05, 3.63) is 0 Å². The maximum Gasteiger partial charge on any atom is 0.0661 e. The first-order valence-corrected chi connectivity index (χ1v) is 8.36. The molecule has 2 saturated carbocycles. The average Bonchev–Trinajstić information content (AvgIpc) is 2.78. The third-order valence-corrected chi connectivity index (χ3v) is 5.91. The smallest absolute Gasteiger partial charge is 0.0661 e. The number of nitrogens with zero attached hydrogens (tertiary/aromatic N) is 1. The molecule has 1 aliphatic heterocycles. The van der Waals surface area contributed by atoms with Gasteiger partial charge in [0.25, 0.3) is 0 Å². The highest BCUT2D eigenvalue weighted by molar-refractivity contribution is 5.12. The lowest BCUT2D eigenvalue weighted by molar-refractivity contribution is -0.173. The van der Waals surface area contributed by atoms with Gasteiger partial charge in [0, 0.05) is 24.6 Å². The largest absolute Gasteiger partial charge is 0.378 e. The third-order valence-electron chi connectivity index (χ3n) is 5.91. The van der Waals surface area contributed by atoms with Crippen LogP contribution in [-0.2, 0) is 4.74 Å². The minimum absolute atomic E-state index is 0.527. The maximum absolute atomic E-state index is 5.92. The standard InChI is InChI=1S/C16H30N2O/c1-3-18-9-6-13(12-18)11-17-14-10-15(19-4-2)16(14)7-5-8-16/h13-15,17H,3-12H2,1-2H3. The molecule has 0 bridgehead atoms. The van der Waals surface area contributed by atoms with Gasteiger partial charge in [-0.2, -0.15) is 0 Å². The maximum atomic E-state index is 5.92. The number of likely N-dealkylation sites (tertiary alicyclic amines) is 1. The van der Waals surface area contributed by atoms with Crippen LogP contribution in [0, 0.1) is 11.3 Å². The van der Waals surface area contributed by atoms with E-state index in [1.807, 2.05) is 0 Å². The zero-order valence-electron chi connectivity index (χ0n) is 12.7. The Hall–Kier alpha value is -0.120. The SMILES string of the molecule is CCOC1CC(NCC2CCN(CC)C2)C12CCC2. The molecule has 2 aliphatic carbocycles. The Morgan fingerprint density at radius 3 is 2.74 bits per heavy atom. The molecule has 1 spiro atoms. The third kappa shape index (κ3) is 2.45. The Balaban J connectivity index is 1.44. The van der Waals surface area contributed by atoms with E-state index >= 15 is 0 Å². The van der Waals surface area contributed by atoms with E-state index in [4.69, 9.17) is 4.74 Å². The van der Waals surface area contributed by atoms with Crippen molar-refractivity contribution >= 4 is 0 Å². The van der Waals surface area contributed by atoms with Gasteiger partial charge in [0.2, 0.25) is 0 Å². The summed E-state index contributed by atoms with van der Waals surface area (Å²) >= 11 is 0. The Morgan fingerprint density at radius 1 is 1.32 bits per heavy atom. The molecular formula is C16H30N2O. The summed E-state index contributed by atoms with van der Waals surface area (Å²) in [4.78, 5) is 2.58. The van der Waals surface area contributed by atoms with E-state index in [2.05, 4.69) is 24.1 Å². The topological polar surface area (TPSA) is 24.5 Å². The fourth-order valence-electron chi connectivity index (χ4n) is 4.40. The summed E-state index contributed by atoms with van der Waals surface area (Å²) in [5, 5.41) is 3.88. The van der Waals surface area contributed by atoms with Crippen LogP contribution in [0.5, 0.6) is 0 Å². The zero-order valence-corrected chi connectivity index (χ0v) is 12.7. The molecule has 110 valence electrons. The van der Waals surface area contributed by atoms with E-state index in [9.17, 15) is 0 Å². The molecule has 1 saturated heterocycles. The summed E-state index contributed by atoms with van der Waals surface area (Å²) in [6.45, 7) is 10.3. The predicted octanol–water partition coefficient (Wildman–Crippen LogP) is 2.27. The molecule has 3 atom stereocenters. The Bertz CT molecular complexity index is 303. The van der Waals surface area contributed by atoms with Gasteiger partial charge in [-0.3, -0.25) is 0 Å². The first kappa shape index (κ1) is 13.8. The van der Waals surface area contributed by atoms with E-state index in [0.29, 0.717) is 11.5 Å². The number of nitrogens with one attached hydrogen (secondary N) is 1. The second-order valence-electron chi connectivity index (χ2n) is 6.78. The monoisotopic (exact) mass is 266 g/mol. The Kier molecular flexibility index (Phi) is 4.16. The molecule has 3 heteroatoms. The molecule has 3 nitrogen and oxygen atoms in total. The summed E-state index contributed by atoms with van der Waals surface area (Å²) in [5.41, 5.74) is 0.527. The minimum Gasteiger partial charge on any atom is -0.378 e. The van der Waals surface area contributed by atoms with Gasteiger partial charge < -0.3 is 15.0 Å². The van der Waals surface area contributed by atoms with E-state index in [-0.39, 0.29) is 0 Å². The lowest BCUT2D eigenvalue weighted by Crippen LogP contribution is -2.67. The first-order valence-electron chi connectivity index (χ1n) is 8.36. The van der Waals surface area contributed by atoms with Crippen LogP contribution in [-0.4, -0.2) is 49.8 Å². The molecule has 0 radical (unpaired) electrons. The minimum atomic E-state index is 0.527. The van der Waals surface area contributed by atoms with Crippen LogP contribution in [0.2, 0.25) is 0 Å². The van der Waals surface area contributed by atoms with E-state index in [1.165, 1.54) is 58.3 Å². The van der Waals surface area contributed by atoms with Crippen molar-refractivity contribution in [1.82, 2.24) is 10.2 Å². The molecule has 3 fully saturated rings. The summed E-state index contributed by atoms with van der Waals surface area (Å²) in [6, 6.07) is 0.744. The molecule has 3 rings (SSSR count). The number of hydrogen-bond donors (Lipinski definition) is 1. The second-order valence-corrected chi connectivity index (χ2v) is 6.78. The Morgan fingerprint density at radius 2 is 2.16 bits per heavy atom. The normalized spacial score (nSPS) is 37.3. The van der Waals surface area contributed by atoms with Crippen molar-refractivity contribution in [3.63, 3.8) is 0 Å². The van der Waals surface area contributed by atoms with E-state index in [0.717, 1.165) is 18.6 Å². The molecule has 0 aromatic rings. The highest BCUT2D eigenvalue weighted by Gasteiger charge is 2.58. The van der Waals surface area contributed by atoms with Crippen molar-refractivity contribution in [2.45, 2.75) is 58.1 Å². The highest BCUT2D eigenvalue weighted by atomic mass is 16.5. The highest BCUT2D eigenvalue weighted by Crippen LogP contribution is 2.57. The molecule has 3 unspecified atom stereocenters. The molecule has 0 aromatic carbocycles. The van der Waals surface area contributed by atoms with Crippen LogP contribution in [0.1, 0.15) is 46.0 Å². The second kappa shape index (κ2) is 5.71. The summed E-state index contributed by atoms with van der Waals surface area (Å²) in [5.74, 6) is 0.878. The van der Waals surface area contributed by atoms with Crippen LogP contribution in [0.25, 0.3) is 0 Å². The Labute approximate surface area is 118 Å². The molecule has 0 aromatic heterocycles. The van der Waals surface area contributed by atoms with E-state index in [1.54, 1.807) is 0 Å². The van der Waals surface area contributed by atoms with Crippen molar-refractivity contribution in [1.29, 1.82) is 0 Å². The lowest BCUT2D eigenvalue weighted by Gasteiger charge is -2.61. The van der Waals surface area contributed by atoms with Gasteiger partial charge in [0.1, 0.15) is 0 Å². The van der Waals surface area contributed by atoms with Crippen LogP contribution >= 0.6 is 0 Å². The summed E-state index contributed by atoms with van der Waals surface area (Å²) in [7, 11) is 0. The van der Waals surface area contributed by atoms with Crippen LogP contribution in [0.15, 0.2) is 0 Å². The number of rotatable bonds is 6. The van der Waals surface area contributed by atoms with Crippen molar-refractivity contribution in [2.75, 3.05) is 32.8 Å². The van der Waals surface area contributed by atoms with Crippen molar-refractivity contribution in [3.8, 4) is 0 Å². The fraction of sp³-hybridized carbons (Fsp3) is 1.00. The van der Waals surface area contributed by atoms with Gasteiger partial charge in [0.05, 0.1) is 6.10 Å². The van der Waals surface area contributed by atoms with Crippen molar-refractivity contribution < 1.29 is 4.74 Å². The first-order chi connectivity index (χ1) is 9.28. The number of hydrogen-bond acceptors (Lipinski definition) is 3. The van der Waals surface area contributed by atoms with Gasteiger partial charge in [-0.05, 0) is 58.2 Å². The van der Waals surface area contributed by atoms with Gasteiger partial charge in [0.15, 0.2) is 0 Å². The molecule has 19 heavy (non-hydrogen) atoms. The predicted molar refractivity (Wildman–Crippen MR) is 78.3 cm³/mol. The number of ether oxygens (including phenoxy) is 1. The summed E-state index contributed by atoms with van der Waals surface area (Å²) in [6.07, 6.45) is 7.38. The molecule has 0 amide bonds. The van der Waals surface area contributed by atoms with Gasteiger partial charge in [-0.25, -0.2) is 0 Å². The summed E-state index contributed by atoms with van der Waals surface area (Å²) < 4.78 is 5.92. The molecule has 3 aliphatic rings. The molecule has 1 N–H and O–H groups in total. The molecule has 1 heterocycles. The van der Waals surface area contributed by atoms with Gasteiger partial charge >= 0.3 is 0 Å². The van der Waals surface area contributed by atoms with Crippen LogP contribution in [0.3, 0.4) is 0 Å². The molecular weight excluding hydrogens is 236 g/mol. The lowest BCUT2D eigenvalue weighted by atomic mass is 9.51. The van der Waals surface area contributed by atoms with E-state index < -0.39 is 0 Å². The quantitative estimate of drug-likeness (QED) is 0.798. The van der Waals surface area contributed by atoms with Crippen LogP contribution in [0.4, 0.5) is 0 Å². The fourth-order valence-corrected chi connectivity index (χ4v) is 4.40. The zero-order chi connectivity index (χ0) is 13.3. The van der Waals surface area contributed by atoms with Crippen LogP contribution < -0.4 is 5.32 Å². The average molecular weight is 266 g/mol. The van der Waals surface area contributed by atoms with Gasteiger partial charge in [-0.15, -0.1) is 0 Å².